The highest BCUT2D eigenvalue weighted by atomic mass is 32.1. The Labute approximate surface area is 90.5 Å². The standard InChI is InChI=1S/C10H9NO3S/c1-6-11-4-8(14-6)9-3-7(5-15-9)10(12)13-2/h3-5H,1-2H3. The van der Waals surface area contributed by atoms with Crippen molar-refractivity contribution in [3.63, 3.8) is 0 Å². The fraction of sp³-hybridized carbons (Fsp3) is 0.200. The summed E-state index contributed by atoms with van der Waals surface area (Å²) < 4.78 is 9.96. The molecule has 2 rings (SSSR count). The van der Waals surface area contributed by atoms with E-state index in [1.807, 2.05) is 0 Å². The molecule has 78 valence electrons. The summed E-state index contributed by atoms with van der Waals surface area (Å²) in [5.74, 6) is 0.944. The number of aromatic nitrogens is 1. The fourth-order valence-corrected chi connectivity index (χ4v) is 1.99. The number of thiophene rings is 1. The molecule has 0 aromatic carbocycles. The van der Waals surface area contributed by atoms with Crippen LogP contribution in [-0.4, -0.2) is 18.1 Å². The Morgan fingerprint density at radius 1 is 1.60 bits per heavy atom. The number of ether oxygens (including phenoxy) is 1. The van der Waals surface area contributed by atoms with Gasteiger partial charge >= 0.3 is 5.97 Å². The molecule has 0 saturated heterocycles. The summed E-state index contributed by atoms with van der Waals surface area (Å²) in [4.78, 5) is 16.1. The van der Waals surface area contributed by atoms with Gasteiger partial charge in [-0.05, 0) is 6.07 Å². The lowest BCUT2D eigenvalue weighted by atomic mass is 10.3. The predicted molar refractivity (Wildman–Crippen MR) is 55.9 cm³/mol. The van der Waals surface area contributed by atoms with E-state index in [0.717, 1.165) is 4.88 Å². The van der Waals surface area contributed by atoms with E-state index in [1.165, 1.54) is 18.4 Å². The molecule has 2 aromatic rings. The molecule has 5 heteroatoms. The van der Waals surface area contributed by atoms with Crippen LogP contribution in [0.5, 0.6) is 0 Å². The van der Waals surface area contributed by atoms with Crippen molar-refractivity contribution in [1.82, 2.24) is 4.98 Å². The first-order chi connectivity index (χ1) is 7.20. The maximum Gasteiger partial charge on any atom is 0.338 e. The summed E-state index contributed by atoms with van der Waals surface area (Å²) in [7, 11) is 1.36. The Bertz CT molecular complexity index is 486. The highest BCUT2D eigenvalue weighted by Gasteiger charge is 2.11. The van der Waals surface area contributed by atoms with Crippen molar-refractivity contribution in [3.8, 4) is 10.6 Å². The average molecular weight is 223 g/mol. The number of carbonyl (C=O) groups excluding carboxylic acids is 1. The summed E-state index contributed by atoms with van der Waals surface area (Å²) in [6, 6.07) is 1.73. The number of esters is 1. The van der Waals surface area contributed by atoms with Crippen molar-refractivity contribution in [3.05, 3.63) is 29.1 Å². The number of methoxy groups -OCH3 is 1. The molecular weight excluding hydrogens is 214 g/mol. The smallest absolute Gasteiger partial charge is 0.338 e. The molecule has 4 nitrogen and oxygen atoms in total. The highest BCUT2D eigenvalue weighted by molar-refractivity contribution is 7.13. The Morgan fingerprint density at radius 2 is 2.40 bits per heavy atom. The van der Waals surface area contributed by atoms with E-state index in [-0.39, 0.29) is 5.97 Å². The molecule has 0 bridgehead atoms. The van der Waals surface area contributed by atoms with Crippen molar-refractivity contribution in [2.45, 2.75) is 6.92 Å². The normalized spacial score (nSPS) is 10.3. The zero-order valence-corrected chi connectivity index (χ0v) is 9.13. The molecule has 2 heterocycles. The first-order valence-electron chi connectivity index (χ1n) is 4.30. The van der Waals surface area contributed by atoms with Crippen LogP contribution in [0.2, 0.25) is 0 Å². The van der Waals surface area contributed by atoms with Gasteiger partial charge in [0.2, 0.25) is 0 Å². The van der Waals surface area contributed by atoms with E-state index in [4.69, 9.17) is 4.42 Å². The van der Waals surface area contributed by atoms with Crippen LogP contribution in [-0.2, 0) is 4.74 Å². The van der Waals surface area contributed by atoms with Crippen molar-refractivity contribution in [2.24, 2.45) is 0 Å². The van der Waals surface area contributed by atoms with Crippen LogP contribution in [0.3, 0.4) is 0 Å². The lowest BCUT2D eigenvalue weighted by Gasteiger charge is -1.91. The number of aryl methyl sites for hydroxylation is 1. The van der Waals surface area contributed by atoms with E-state index in [1.54, 1.807) is 24.6 Å². The molecule has 0 amide bonds. The number of rotatable bonds is 2. The molecule has 0 atom stereocenters. The lowest BCUT2D eigenvalue weighted by Crippen LogP contribution is -1.97. The molecule has 0 spiro atoms. The van der Waals surface area contributed by atoms with Crippen LogP contribution in [0.15, 0.2) is 22.1 Å². The minimum Gasteiger partial charge on any atom is -0.465 e. The van der Waals surface area contributed by atoms with E-state index < -0.39 is 0 Å². The maximum atomic E-state index is 11.2. The fourth-order valence-electron chi connectivity index (χ4n) is 1.17. The number of hydrogen-bond donors (Lipinski definition) is 0. The van der Waals surface area contributed by atoms with Gasteiger partial charge < -0.3 is 9.15 Å². The van der Waals surface area contributed by atoms with Crippen LogP contribution < -0.4 is 0 Å². The van der Waals surface area contributed by atoms with E-state index >= 15 is 0 Å². The van der Waals surface area contributed by atoms with Crippen molar-refractivity contribution in [1.29, 1.82) is 0 Å². The molecule has 15 heavy (non-hydrogen) atoms. The van der Waals surface area contributed by atoms with Gasteiger partial charge in [0.1, 0.15) is 0 Å². The van der Waals surface area contributed by atoms with Crippen LogP contribution in [0.4, 0.5) is 0 Å². The third-order valence-electron chi connectivity index (χ3n) is 1.88. The zero-order chi connectivity index (χ0) is 10.8. The van der Waals surface area contributed by atoms with Crippen LogP contribution in [0, 0.1) is 6.92 Å². The largest absolute Gasteiger partial charge is 0.465 e. The van der Waals surface area contributed by atoms with Crippen LogP contribution in [0.1, 0.15) is 16.2 Å². The third-order valence-corrected chi connectivity index (χ3v) is 2.83. The van der Waals surface area contributed by atoms with E-state index in [9.17, 15) is 4.79 Å². The zero-order valence-electron chi connectivity index (χ0n) is 8.31. The third kappa shape index (κ3) is 1.92. The molecule has 0 saturated carbocycles. The minimum absolute atomic E-state index is 0.339. The van der Waals surface area contributed by atoms with Crippen LogP contribution >= 0.6 is 11.3 Å². The Balaban J connectivity index is 2.31. The van der Waals surface area contributed by atoms with Gasteiger partial charge in [-0.2, -0.15) is 0 Å². The first-order valence-corrected chi connectivity index (χ1v) is 5.18. The Hall–Kier alpha value is -1.62. The topological polar surface area (TPSA) is 52.3 Å². The van der Waals surface area contributed by atoms with Gasteiger partial charge in [0.25, 0.3) is 0 Å². The molecule has 0 aliphatic heterocycles. The first kappa shape index (κ1) is 9.92. The number of nitrogens with zero attached hydrogens (tertiary/aromatic N) is 1. The monoisotopic (exact) mass is 223 g/mol. The maximum absolute atomic E-state index is 11.2. The van der Waals surface area contributed by atoms with Gasteiger partial charge in [-0.25, -0.2) is 9.78 Å². The summed E-state index contributed by atoms with van der Waals surface area (Å²) in [5.41, 5.74) is 0.534. The second-order valence-corrected chi connectivity index (χ2v) is 3.85. The Morgan fingerprint density at radius 3 is 3.00 bits per heavy atom. The predicted octanol–water partition coefficient (Wildman–Crippen LogP) is 2.50. The Kier molecular flexibility index (Phi) is 2.55. The van der Waals surface area contributed by atoms with E-state index in [2.05, 4.69) is 9.72 Å². The second-order valence-electron chi connectivity index (χ2n) is 2.93. The van der Waals surface area contributed by atoms with Gasteiger partial charge in [0.05, 0.1) is 23.7 Å². The molecule has 0 aliphatic carbocycles. The summed E-state index contributed by atoms with van der Waals surface area (Å²) in [6.07, 6.45) is 1.64. The molecule has 0 fully saturated rings. The quantitative estimate of drug-likeness (QED) is 0.734. The van der Waals surface area contributed by atoms with Gasteiger partial charge in [0, 0.05) is 12.3 Å². The highest BCUT2D eigenvalue weighted by Crippen LogP contribution is 2.27. The summed E-state index contributed by atoms with van der Waals surface area (Å²) in [5, 5.41) is 1.74. The molecular formula is C10H9NO3S. The van der Waals surface area contributed by atoms with Crippen molar-refractivity contribution < 1.29 is 13.9 Å². The minimum atomic E-state index is -0.339. The molecule has 0 unspecified atom stereocenters. The van der Waals surface area contributed by atoms with E-state index in [0.29, 0.717) is 17.2 Å². The van der Waals surface area contributed by atoms with Gasteiger partial charge in [-0.1, -0.05) is 0 Å². The number of hydrogen-bond acceptors (Lipinski definition) is 5. The van der Waals surface area contributed by atoms with Gasteiger partial charge in [-0.15, -0.1) is 11.3 Å². The number of oxazole rings is 1. The summed E-state index contributed by atoms with van der Waals surface area (Å²) >= 11 is 1.43. The molecule has 0 N–H and O–H groups in total. The second kappa shape index (κ2) is 3.86. The average Bonchev–Trinajstić information content (AvgIpc) is 2.84. The molecule has 0 radical (unpaired) electrons. The van der Waals surface area contributed by atoms with Crippen molar-refractivity contribution >= 4 is 17.3 Å². The molecule has 2 aromatic heterocycles. The molecule has 0 aliphatic rings. The lowest BCUT2D eigenvalue weighted by molar-refractivity contribution is 0.0601. The van der Waals surface area contributed by atoms with Crippen LogP contribution in [0.25, 0.3) is 10.6 Å². The summed E-state index contributed by atoms with van der Waals surface area (Å²) in [6.45, 7) is 1.78. The van der Waals surface area contributed by atoms with Crippen molar-refractivity contribution in [2.75, 3.05) is 7.11 Å². The number of carbonyl (C=O) groups is 1. The van der Waals surface area contributed by atoms with Gasteiger partial charge in [-0.3, -0.25) is 0 Å². The SMILES string of the molecule is COC(=O)c1csc(-c2cnc(C)o2)c1. The van der Waals surface area contributed by atoms with Gasteiger partial charge in [0.15, 0.2) is 11.7 Å².